The number of rotatable bonds is 20. The number of nitrogens with one attached hydrogen (secondary N) is 2. The van der Waals surface area contributed by atoms with E-state index in [9.17, 15) is 30.9 Å². The van der Waals surface area contributed by atoms with Crippen molar-refractivity contribution in [2.24, 2.45) is 0 Å². The minimum atomic E-state index is -4.54. The smallest absolute Gasteiger partial charge is 0.333 e. The van der Waals surface area contributed by atoms with Crippen molar-refractivity contribution in [3.8, 4) is 66.6 Å². The van der Waals surface area contributed by atoms with Crippen LogP contribution in [0.3, 0.4) is 0 Å². The fraction of sp³-hybridized carbons (Fsp3) is 0.217. The van der Waals surface area contributed by atoms with Crippen LogP contribution in [-0.4, -0.2) is 46.6 Å². The van der Waals surface area contributed by atoms with E-state index in [1.54, 1.807) is 60.7 Å². The minimum Gasteiger partial charge on any atom is -0.333 e. The summed E-state index contributed by atoms with van der Waals surface area (Å²) in [6, 6.07) is 34.3. The van der Waals surface area contributed by atoms with Crippen LogP contribution in [0, 0.1) is 0 Å². The predicted octanol–water partition coefficient (Wildman–Crippen LogP) is 12.7. The van der Waals surface area contributed by atoms with Crippen molar-refractivity contribution in [3.05, 3.63) is 142 Å². The van der Waals surface area contributed by atoms with Crippen molar-refractivity contribution in [2.45, 2.75) is 38.3 Å². The zero-order valence-corrected chi connectivity index (χ0v) is 37.3. The van der Waals surface area contributed by atoms with Crippen LogP contribution in [0.1, 0.15) is 33.7 Å². The second-order valence-corrected chi connectivity index (χ2v) is 17.9. The molecule has 0 saturated heterocycles. The molecular formula is C46H39F6N6O5PS2. The van der Waals surface area contributed by atoms with E-state index in [1.165, 1.54) is 12.1 Å². The largest absolute Gasteiger partial charge is 0.426 e. The maximum atomic E-state index is 13.9. The molecular weight excluding hydrogens is 926 g/mol. The van der Waals surface area contributed by atoms with E-state index in [-0.39, 0.29) is 57.5 Å². The normalized spacial score (nSPS) is 12.1. The molecule has 0 aliphatic rings. The number of halogens is 6. The van der Waals surface area contributed by atoms with Gasteiger partial charge in [-0.2, -0.15) is 36.3 Å². The number of alkyl halides is 6. The zero-order valence-electron chi connectivity index (χ0n) is 34.6. The van der Waals surface area contributed by atoms with Gasteiger partial charge in [0.25, 0.3) is 11.8 Å². The second kappa shape index (κ2) is 21.2. The van der Waals surface area contributed by atoms with Gasteiger partial charge in [0.1, 0.15) is 9.75 Å². The summed E-state index contributed by atoms with van der Waals surface area (Å²) in [7, 11) is -2.64. The van der Waals surface area contributed by atoms with Crippen molar-refractivity contribution in [1.82, 2.24) is 30.9 Å². The highest BCUT2D eigenvalue weighted by Gasteiger charge is 2.38. The Morgan fingerprint density at radius 3 is 1.32 bits per heavy atom. The van der Waals surface area contributed by atoms with E-state index in [1.807, 2.05) is 48.5 Å². The summed E-state index contributed by atoms with van der Waals surface area (Å²) < 4.78 is 117. The van der Waals surface area contributed by atoms with Crippen LogP contribution in [0.4, 0.5) is 26.3 Å². The molecule has 4 aromatic heterocycles. The van der Waals surface area contributed by atoms with E-state index in [4.69, 9.17) is 18.1 Å². The summed E-state index contributed by atoms with van der Waals surface area (Å²) in [4.78, 5) is 7.72. The van der Waals surface area contributed by atoms with Crippen molar-refractivity contribution < 1.29 is 49.0 Å². The molecule has 4 aromatic carbocycles. The summed E-state index contributed by atoms with van der Waals surface area (Å²) >= 11 is 1.13. The van der Waals surface area contributed by atoms with Crippen LogP contribution in [-0.2, 0) is 39.1 Å². The fourth-order valence-electron chi connectivity index (χ4n) is 6.72. The van der Waals surface area contributed by atoms with Crippen LogP contribution >= 0.6 is 30.9 Å². The van der Waals surface area contributed by atoms with E-state index < -0.39 is 30.4 Å². The average Bonchev–Trinajstić information content (AvgIpc) is 4.16. The Labute approximate surface area is 382 Å². The van der Waals surface area contributed by atoms with Gasteiger partial charge in [-0.15, -0.1) is 22.7 Å². The fourth-order valence-corrected chi connectivity index (χ4v) is 9.36. The molecule has 0 bridgehead atoms. The highest BCUT2D eigenvalue weighted by molar-refractivity contribution is 7.33. The molecule has 66 heavy (non-hydrogen) atoms. The molecule has 0 aliphatic carbocycles. The molecule has 20 heteroatoms. The molecule has 8 aromatic rings. The maximum Gasteiger partial charge on any atom is 0.426 e. The first-order valence-electron chi connectivity index (χ1n) is 20.5. The molecule has 4 heterocycles. The topological polar surface area (TPSA) is 137 Å². The summed E-state index contributed by atoms with van der Waals surface area (Å²) in [6.07, 6.45) is -7.86. The van der Waals surface area contributed by atoms with Gasteiger partial charge in [-0.1, -0.05) is 120 Å². The molecule has 0 saturated carbocycles. The lowest BCUT2D eigenvalue weighted by atomic mass is 10.1. The highest BCUT2D eigenvalue weighted by Crippen LogP contribution is 2.47. The third-order valence-corrected chi connectivity index (χ3v) is 13.2. The molecule has 8 rings (SSSR count). The second-order valence-electron chi connectivity index (χ2n) is 14.7. The van der Waals surface area contributed by atoms with E-state index in [0.29, 0.717) is 83.9 Å². The first-order chi connectivity index (χ1) is 31.9. The number of benzene rings is 4. The lowest BCUT2D eigenvalue weighted by Crippen LogP contribution is -2.16. The first-order valence-corrected chi connectivity index (χ1v) is 23.4. The molecule has 0 fully saturated rings. The molecule has 0 aliphatic heterocycles. The minimum absolute atomic E-state index is 0.00575. The lowest BCUT2D eigenvalue weighted by molar-refractivity contribution is -0.134. The SMILES string of the molecule is O=[PH](OCCCNCc1ccc(-c2noc(-c3cc(-c4ccccc4)c(C(F)(F)F)s3)n2)cc1)OCCCNCc1ccc(-c2noc(-c3cc(-c4ccccc4)c(C(F)(F)F)s3)n2)cc1. The van der Waals surface area contributed by atoms with Crippen LogP contribution in [0.5, 0.6) is 0 Å². The van der Waals surface area contributed by atoms with Gasteiger partial charge >= 0.3 is 20.6 Å². The Morgan fingerprint density at radius 2 is 0.939 bits per heavy atom. The van der Waals surface area contributed by atoms with E-state index >= 15 is 0 Å². The maximum absolute atomic E-state index is 13.9. The summed E-state index contributed by atoms with van der Waals surface area (Å²) in [6.45, 7) is 2.84. The summed E-state index contributed by atoms with van der Waals surface area (Å²) in [5, 5.41) is 14.6. The Morgan fingerprint density at radius 1 is 0.545 bits per heavy atom. The molecule has 0 unspecified atom stereocenters. The Hall–Kier alpha value is -5.79. The zero-order chi connectivity index (χ0) is 46.1. The van der Waals surface area contributed by atoms with Crippen LogP contribution in [0.25, 0.3) is 66.6 Å². The third kappa shape index (κ3) is 12.0. The number of thiophene rings is 2. The molecule has 0 amide bonds. The summed E-state index contributed by atoms with van der Waals surface area (Å²) in [5.41, 5.74) is 4.27. The van der Waals surface area contributed by atoms with Gasteiger partial charge in [-0.3, -0.25) is 4.57 Å². The van der Waals surface area contributed by atoms with Gasteiger partial charge < -0.3 is 28.7 Å². The van der Waals surface area contributed by atoms with Gasteiger partial charge in [-0.05, 0) is 60.3 Å². The molecule has 11 nitrogen and oxygen atoms in total. The lowest BCUT2D eigenvalue weighted by Gasteiger charge is -2.08. The predicted molar refractivity (Wildman–Crippen MR) is 241 cm³/mol. The number of hydrogen-bond acceptors (Lipinski definition) is 13. The Kier molecular flexibility index (Phi) is 15.0. The number of hydrogen-bond donors (Lipinski definition) is 2. The third-order valence-electron chi connectivity index (χ3n) is 9.94. The number of nitrogens with zero attached hydrogens (tertiary/aromatic N) is 4. The Balaban J connectivity index is 0.695. The van der Waals surface area contributed by atoms with Gasteiger partial charge in [0.05, 0.1) is 23.0 Å². The van der Waals surface area contributed by atoms with Crippen LogP contribution < -0.4 is 10.6 Å². The quantitative estimate of drug-likeness (QED) is 0.0429. The number of aromatic nitrogens is 4. The van der Waals surface area contributed by atoms with Crippen LogP contribution in [0.2, 0.25) is 0 Å². The van der Waals surface area contributed by atoms with Crippen molar-refractivity contribution in [1.29, 1.82) is 0 Å². The van der Waals surface area contributed by atoms with Gasteiger partial charge in [-0.25, -0.2) is 0 Å². The van der Waals surface area contributed by atoms with Gasteiger partial charge in [0.2, 0.25) is 11.6 Å². The molecule has 0 atom stereocenters. The van der Waals surface area contributed by atoms with Crippen LogP contribution in [0.15, 0.2) is 130 Å². The first kappa shape index (κ1) is 46.7. The Bertz CT molecular complexity index is 2640. The van der Waals surface area contributed by atoms with Crippen molar-refractivity contribution in [3.63, 3.8) is 0 Å². The standard InChI is InChI=1S/C46H39F6N6O5PS2/c47-45(48,49)39-35(31-9-3-1-4-10-31)25-37(65-39)43-55-41(57-62-43)33-17-13-29(14-18-33)27-53-21-7-23-60-64(59)61-24-8-22-54-28-30-15-19-34(20-16-30)42-56-44(63-58-42)38-26-36(32-11-5-2-6-12-32)40(66-38)46(50,51)52/h1-6,9-20,25-26,53-54,64H,7-8,21-24,27-28H2. The van der Waals surface area contributed by atoms with Crippen molar-refractivity contribution in [2.75, 3.05) is 26.3 Å². The van der Waals surface area contributed by atoms with Gasteiger partial charge in [0, 0.05) is 35.3 Å². The summed E-state index contributed by atoms with van der Waals surface area (Å²) in [5.74, 6) is 0.527. The monoisotopic (exact) mass is 964 g/mol. The average molecular weight is 965 g/mol. The van der Waals surface area contributed by atoms with E-state index in [2.05, 4.69) is 30.9 Å². The molecule has 0 spiro atoms. The molecule has 342 valence electrons. The molecule has 2 N–H and O–H groups in total. The molecule has 0 radical (unpaired) electrons. The van der Waals surface area contributed by atoms with E-state index in [0.717, 1.165) is 11.1 Å². The van der Waals surface area contributed by atoms with Crippen molar-refractivity contribution >= 4 is 30.9 Å². The highest BCUT2D eigenvalue weighted by atomic mass is 32.1. The van der Waals surface area contributed by atoms with Gasteiger partial charge in [0.15, 0.2) is 0 Å².